The normalized spacial score (nSPS) is 31.1. The molecule has 0 spiro atoms. The number of hydrogen-bond donors (Lipinski definition) is 1. The minimum absolute atomic E-state index is 0.279. The molecule has 0 bridgehead atoms. The van der Waals surface area contributed by atoms with Gasteiger partial charge >= 0.3 is 0 Å². The van der Waals surface area contributed by atoms with Crippen LogP contribution >= 0.6 is 0 Å². The largest absolute Gasteiger partial charge is 0.348 e. The van der Waals surface area contributed by atoms with Crippen molar-refractivity contribution in [2.75, 3.05) is 0 Å². The Morgan fingerprint density at radius 2 is 2.06 bits per heavy atom. The van der Waals surface area contributed by atoms with E-state index in [-0.39, 0.29) is 6.04 Å². The molecule has 100 valence electrons. The lowest BCUT2D eigenvalue weighted by molar-refractivity contribution is 0.141. The molecule has 1 fully saturated rings. The molecule has 1 heterocycles. The molecule has 18 heavy (non-hydrogen) atoms. The zero-order valence-electron chi connectivity index (χ0n) is 11.8. The summed E-state index contributed by atoms with van der Waals surface area (Å²) in [6.45, 7) is 4.87. The highest BCUT2D eigenvalue weighted by atomic mass is 15.0. The smallest absolute Gasteiger partial charge is 0.0384 e. The maximum atomic E-state index is 6.24. The zero-order valence-corrected chi connectivity index (χ0v) is 11.8. The molecule has 1 aromatic rings. The van der Waals surface area contributed by atoms with Gasteiger partial charge in [-0.3, -0.25) is 0 Å². The summed E-state index contributed by atoms with van der Waals surface area (Å²) in [5.74, 6) is 0. The lowest BCUT2D eigenvalue weighted by Gasteiger charge is -2.41. The van der Waals surface area contributed by atoms with Crippen molar-refractivity contribution in [3.8, 4) is 0 Å². The summed E-state index contributed by atoms with van der Waals surface area (Å²) in [5, 5.41) is 0. The quantitative estimate of drug-likeness (QED) is 0.798. The number of fused-ring (bicyclic) bond motifs is 1. The van der Waals surface area contributed by atoms with Crippen molar-refractivity contribution < 1.29 is 0 Å². The van der Waals surface area contributed by atoms with Crippen LogP contribution in [-0.2, 0) is 6.42 Å². The molecule has 0 amide bonds. The summed E-state index contributed by atoms with van der Waals surface area (Å²) in [4.78, 5) is 0. The van der Waals surface area contributed by atoms with E-state index in [1.54, 1.807) is 0 Å². The van der Waals surface area contributed by atoms with Crippen molar-refractivity contribution in [3.05, 3.63) is 23.5 Å². The Bertz CT molecular complexity index is 430. The van der Waals surface area contributed by atoms with E-state index in [0.717, 1.165) is 6.42 Å². The van der Waals surface area contributed by atoms with Gasteiger partial charge in [0.15, 0.2) is 0 Å². The van der Waals surface area contributed by atoms with Crippen molar-refractivity contribution in [2.45, 2.75) is 70.9 Å². The Balaban J connectivity index is 1.97. The fourth-order valence-corrected chi connectivity index (χ4v) is 4.04. The highest BCUT2D eigenvalue weighted by Crippen LogP contribution is 2.45. The molecule has 2 heteroatoms. The topological polar surface area (TPSA) is 30.9 Å². The molecule has 3 rings (SSSR count). The number of nitrogens with zero attached hydrogens (tertiary/aromatic N) is 1. The van der Waals surface area contributed by atoms with Gasteiger partial charge in [0, 0.05) is 24.0 Å². The Morgan fingerprint density at radius 3 is 2.83 bits per heavy atom. The lowest BCUT2D eigenvalue weighted by atomic mass is 9.73. The number of nitrogens with two attached hydrogens (primary N) is 1. The van der Waals surface area contributed by atoms with E-state index in [1.807, 2.05) is 0 Å². The van der Waals surface area contributed by atoms with E-state index < -0.39 is 0 Å². The van der Waals surface area contributed by atoms with E-state index in [0.29, 0.717) is 11.5 Å². The molecule has 2 aliphatic carbocycles. The first-order valence-electron chi connectivity index (χ1n) is 7.55. The summed E-state index contributed by atoms with van der Waals surface area (Å²) in [6.07, 6.45) is 11.4. The van der Waals surface area contributed by atoms with Crippen molar-refractivity contribution in [3.63, 3.8) is 0 Å². The molecule has 2 atom stereocenters. The van der Waals surface area contributed by atoms with Crippen molar-refractivity contribution in [1.82, 2.24) is 4.57 Å². The predicted octanol–water partition coefficient (Wildman–Crippen LogP) is 3.97. The molecule has 2 aliphatic rings. The van der Waals surface area contributed by atoms with Crippen LogP contribution in [0.25, 0.3) is 0 Å². The first kappa shape index (κ1) is 12.3. The molecule has 1 saturated carbocycles. The van der Waals surface area contributed by atoms with Crippen LogP contribution < -0.4 is 5.73 Å². The number of hydrogen-bond acceptors (Lipinski definition) is 1. The van der Waals surface area contributed by atoms with E-state index in [2.05, 4.69) is 30.7 Å². The Labute approximate surface area is 111 Å². The van der Waals surface area contributed by atoms with Crippen molar-refractivity contribution in [2.24, 2.45) is 11.1 Å². The van der Waals surface area contributed by atoms with Gasteiger partial charge in [-0.2, -0.15) is 0 Å². The summed E-state index contributed by atoms with van der Waals surface area (Å²) in [7, 11) is 0. The zero-order chi connectivity index (χ0) is 12.8. The van der Waals surface area contributed by atoms with Crippen LogP contribution in [0.3, 0.4) is 0 Å². The van der Waals surface area contributed by atoms with Crippen LogP contribution in [0.15, 0.2) is 12.3 Å². The molecule has 2 N–H and O–H groups in total. The highest BCUT2D eigenvalue weighted by Gasteiger charge is 2.35. The van der Waals surface area contributed by atoms with Crippen LogP contribution in [0.1, 0.15) is 75.7 Å². The standard InChI is InChI=1S/C16H26N2/c1-16(2)10-4-3-8-15(16)18-11-9-12-13(17)6-5-7-14(12)18/h9,11,13,15H,3-8,10,17H2,1-2H3. The fraction of sp³-hybridized carbons (Fsp3) is 0.750. The molecule has 0 radical (unpaired) electrons. The van der Waals surface area contributed by atoms with Gasteiger partial charge in [-0.25, -0.2) is 0 Å². The average Bonchev–Trinajstić information content (AvgIpc) is 2.74. The Morgan fingerprint density at radius 1 is 1.22 bits per heavy atom. The highest BCUT2D eigenvalue weighted by molar-refractivity contribution is 5.29. The summed E-state index contributed by atoms with van der Waals surface area (Å²) in [6, 6.07) is 3.24. The van der Waals surface area contributed by atoms with Crippen LogP contribution in [0.4, 0.5) is 0 Å². The molecule has 2 unspecified atom stereocenters. The van der Waals surface area contributed by atoms with Crippen molar-refractivity contribution >= 4 is 0 Å². The minimum Gasteiger partial charge on any atom is -0.348 e. The summed E-state index contributed by atoms with van der Waals surface area (Å²) in [5.41, 5.74) is 9.64. The van der Waals surface area contributed by atoms with Crippen molar-refractivity contribution in [1.29, 1.82) is 0 Å². The van der Waals surface area contributed by atoms with E-state index in [4.69, 9.17) is 5.73 Å². The van der Waals surface area contributed by atoms with Crippen LogP contribution in [-0.4, -0.2) is 4.57 Å². The third-order valence-electron chi connectivity index (χ3n) is 5.17. The third-order valence-corrected chi connectivity index (χ3v) is 5.17. The fourth-order valence-electron chi connectivity index (χ4n) is 4.04. The minimum atomic E-state index is 0.279. The molecular formula is C16H26N2. The summed E-state index contributed by atoms with van der Waals surface area (Å²) >= 11 is 0. The molecule has 2 nitrogen and oxygen atoms in total. The van der Waals surface area contributed by atoms with Gasteiger partial charge in [0.2, 0.25) is 0 Å². The summed E-state index contributed by atoms with van der Waals surface area (Å²) < 4.78 is 2.58. The van der Waals surface area contributed by atoms with Gasteiger partial charge in [-0.05, 0) is 49.1 Å². The molecule has 0 aromatic carbocycles. The van der Waals surface area contributed by atoms with Gasteiger partial charge in [0.1, 0.15) is 0 Å². The van der Waals surface area contributed by atoms with Crippen LogP contribution in [0, 0.1) is 5.41 Å². The lowest BCUT2D eigenvalue weighted by Crippen LogP contribution is -2.32. The molecular weight excluding hydrogens is 220 g/mol. The van der Waals surface area contributed by atoms with E-state index >= 15 is 0 Å². The Kier molecular flexibility index (Phi) is 3.01. The maximum absolute atomic E-state index is 6.24. The SMILES string of the molecule is CC1(C)CCCCC1n1ccc2c1CCCC2N. The monoisotopic (exact) mass is 246 g/mol. The number of aromatic nitrogens is 1. The second-order valence-electron chi connectivity index (χ2n) is 6.87. The third kappa shape index (κ3) is 1.91. The number of rotatable bonds is 1. The van der Waals surface area contributed by atoms with Crippen LogP contribution in [0.5, 0.6) is 0 Å². The Hall–Kier alpha value is -0.760. The molecule has 0 saturated heterocycles. The first-order valence-corrected chi connectivity index (χ1v) is 7.55. The van der Waals surface area contributed by atoms with Crippen LogP contribution in [0.2, 0.25) is 0 Å². The van der Waals surface area contributed by atoms with Gasteiger partial charge in [0.25, 0.3) is 0 Å². The second kappa shape index (κ2) is 4.41. The van der Waals surface area contributed by atoms with E-state index in [1.165, 1.54) is 49.8 Å². The first-order chi connectivity index (χ1) is 8.59. The maximum Gasteiger partial charge on any atom is 0.0384 e. The van der Waals surface area contributed by atoms with Gasteiger partial charge in [0.05, 0.1) is 0 Å². The van der Waals surface area contributed by atoms with E-state index in [9.17, 15) is 0 Å². The predicted molar refractivity (Wildman–Crippen MR) is 75.6 cm³/mol. The molecule has 1 aromatic heterocycles. The molecule has 0 aliphatic heterocycles. The van der Waals surface area contributed by atoms with Gasteiger partial charge in [-0.15, -0.1) is 0 Å². The van der Waals surface area contributed by atoms with Gasteiger partial charge in [-0.1, -0.05) is 26.7 Å². The van der Waals surface area contributed by atoms with Gasteiger partial charge < -0.3 is 10.3 Å². The second-order valence-corrected chi connectivity index (χ2v) is 6.87. The average molecular weight is 246 g/mol.